The molecule has 0 bridgehead atoms. The normalized spacial score (nSPS) is 13.5. The molecule has 0 amide bonds. The highest BCUT2D eigenvalue weighted by Crippen LogP contribution is 2.34. The van der Waals surface area contributed by atoms with Gasteiger partial charge in [-0.15, -0.1) is 0 Å². The Labute approximate surface area is 130 Å². The highest BCUT2D eigenvalue weighted by molar-refractivity contribution is 5.67. The summed E-state index contributed by atoms with van der Waals surface area (Å²) in [4.78, 5) is 22.5. The van der Waals surface area contributed by atoms with Crippen LogP contribution in [-0.2, 0) is 13.0 Å². The number of rotatable bonds is 3. The molecule has 3 rings (SSSR count). The van der Waals surface area contributed by atoms with Crippen molar-refractivity contribution in [2.24, 2.45) is 0 Å². The molecule has 1 aliphatic rings. The Hall–Kier alpha value is -3.03. The van der Waals surface area contributed by atoms with Crippen LogP contribution in [0.1, 0.15) is 11.1 Å². The molecule has 0 saturated heterocycles. The first kappa shape index (κ1) is 14.9. The Morgan fingerprint density at radius 1 is 1.00 bits per heavy atom. The number of nitro groups is 2. The van der Waals surface area contributed by atoms with E-state index in [-0.39, 0.29) is 17.2 Å². The van der Waals surface area contributed by atoms with Crippen LogP contribution < -0.4 is 4.90 Å². The Morgan fingerprint density at radius 3 is 2.48 bits per heavy atom. The number of nitro benzene ring substituents is 2. The molecule has 1 aliphatic heterocycles. The van der Waals surface area contributed by atoms with Crippen molar-refractivity contribution in [1.29, 1.82) is 0 Å². The molecule has 0 fully saturated rings. The molecule has 0 aromatic heterocycles. The van der Waals surface area contributed by atoms with E-state index >= 15 is 0 Å². The van der Waals surface area contributed by atoms with Gasteiger partial charge in [0.05, 0.1) is 15.9 Å². The van der Waals surface area contributed by atoms with Gasteiger partial charge in [0.2, 0.25) is 0 Å². The lowest BCUT2D eigenvalue weighted by Gasteiger charge is -2.30. The minimum Gasteiger partial charge on any atom is -0.361 e. The molecule has 0 atom stereocenters. The molecule has 0 N–H and O–H groups in total. The summed E-state index contributed by atoms with van der Waals surface area (Å²) in [7, 11) is 0. The molecule has 0 saturated carbocycles. The Kier molecular flexibility index (Phi) is 3.65. The van der Waals surface area contributed by atoms with Gasteiger partial charge in [0.1, 0.15) is 11.5 Å². The number of hydrogen-bond donors (Lipinski definition) is 0. The van der Waals surface area contributed by atoms with Crippen molar-refractivity contribution in [3.05, 3.63) is 73.6 Å². The summed E-state index contributed by atoms with van der Waals surface area (Å²) < 4.78 is 13.2. The Balaban J connectivity index is 1.98. The van der Waals surface area contributed by atoms with Crippen LogP contribution in [0.2, 0.25) is 0 Å². The largest absolute Gasteiger partial charge is 0.361 e. The van der Waals surface area contributed by atoms with Gasteiger partial charge in [-0.3, -0.25) is 20.2 Å². The first-order valence-electron chi connectivity index (χ1n) is 6.91. The monoisotopic (exact) mass is 317 g/mol. The Morgan fingerprint density at radius 2 is 1.78 bits per heavy atom. The van der Waals surface area contributed by atoms with Gasteiger partial charge in [0.15, 0.2) is 0 Å². The topological polar surface area (TPSA) is 89.5 Å². The van der Waals surface area contributed by atoms with E-state index < -0.39 is 9.85 Å². The number of fused-ring (bicyclic) bond motifs is 1. The van der Waals surface area contributed by atoms with Gasteiger partial charge < -0.3 is 4.90 Å². The summed E-state index contributed by atoms with van der Waals surface area (Å²) in [6.45, 7) is 0.878. The van der Waals surface area contributed by atoms with E-state index in [1.54, 1.807) is 11.0 Å². The molecule has 1 heterocycles. The minimum absolute atomic E-state index is 0.301. The first-order chi connectivity index (χ1) is 11.0. The van der Waals surface area contributed by atoms with E-state index in [0.29, 0.717) is 25.2 Å². The van der Waals surface area contributed by atoms with E-state index in [4.69, 9.17) is 0 Å². The van der Waals surface area contributed by atoms with Gasteiger partial charge in [-0.2, -0.15) is 0 Å². The quantitative estimate of drug-likeness (QED) is 0.640. The number of non-ortho nitro benzene ring substituents is 1. The van der Waals surface area contributed by atoms with Gasteiger partial charge in [-0.05, 0) is 35.7 Å². The molecule has 0 unspecified atom stereocenters. The summed E-state index contributed by atoms with van der Waals surface area (Å²) in [5.74, 6) is -0.307. The van der Waals surface area contributed by atoms with Crippen molar-refractivity contribution in [2.45, 2.75) is 13.0 Å². The van der Waals surface area contributed by atoms with E-state index in [1.165, 1.54) is 24.3 Å². The molecule has 118 valence electrons. The van der Waals surface area contributed by atoms with E-state index in [0.717, 1.165) is 17.2 Å². The lowest BCUT2D eigenvalue weighted by molar-refractivity contribution is -0.393. The molecule has 8 heteroatoms. The number of anilines is 1. The maximum Gasteiger partial charge on any atom is 0.299 e. The van der Waals surface area contributed by atoms with E-state index in [1.807, 2.05) is 0 Å². The second-order valence-electron chi connectivity index (χ2n) is 5.27. The molecule has 23 heavy (non-hydrogen) atoms. The van der Waals surface area contributed by atoms with Crippen molar-refractivity contribution in [1.82, 2.24) is 0 Å². The zero-order chi connectivity index (χ0) is 16.6. The fraction of sp³-hybridized carbons (Fsp3) is 0.200. The van der Waals surface area contributed by atoms with Crippen LogP contribution in [0.5, 0.6) is 0 Å². The summed E-state index contributed by atoms with van der Waals surface area (Å²) in [5, 5.41) is 22.0. The predicted octanol–water partition coefficient (Wildman–Crippen LogP) is 3.20. The minimum atomic E-state index is -0.662. The zero-order valence-corrected chi connectivity index (χ0v) is 11.9. The molecule has 7 nitrogen and oxygen atoms in total. The van der Waals surface area contributed by atoms with Gasteiger partial charge in [-0.1, -0.05) is 6.07 Å². The zero-order valence-electron chi connectivity index (χ0n) is 11.9. The molecular formula is C15H12FN3O4. The highest BCUT2D eigenvalue weighted by Gasteiger charge is 2.26. The van der Waals surface area contributed by atoms with Crippen LogP contribution in [0.15, 0.2) is 36.4 Å². The van der Waals surface area contributed by atoms with E-state index in [2.05, 4.69) is 0 Å². The van der Waals surface area contributed by atoms with Crippen molar-refractivity contribution in [3.8, 4) is 0 Å². The molecular weight excluding hydrogens is 305 g/mol. The summed E-state index contributed by atoms with van der Waals surface area (Å²) >= 11 is 0. The molecule has 2 aromatic carbocycles. The van der Waals surface area contributed by atoms with Crippen molar-refractivity contribution >= 4 is 17.1 Å². The average Bonchev–Trinajstić information content (AvgIpc) is 2.53. The van der Waals surface area contributed by atoms with Gasteiger partial charge in [0, 0.05) is 19.2 Å². The van der Waals surface area contributed by atoms with Crippen LogP contribution in [0.4, 0.5) is 21.5 Å². The van der Waals surface area contributed by atoms with Crippen molar-refractivity contribution < 1.29 is 14.2 Å². The number of hydrogen-bond acceptors (Lipinski definition) is 5. The molecule has 2 aromatic rings. The lowest BCUT2D eigenvalue weighted by atomic mass is 9.99. The summed E-state index contributed by atoms with van der Waals surface area (Å²) in [6.07, 6.45) is 0.557. The van der Waals surface area contributed by atoms with E-state index in [9.17, 15) is 24.6 Å². The number of nitrogens with zero attached hydrogens (tertiary/aromatic N) is 3. The van der Waals surface area contributed by atoms with Crippen molar-refractivity contribution in [3.63, 3.8) is 0 Å². The smallest absolute Gasteiger partial charge is 0.299 e. The fourth-order valence-corrected chi connectivity index (χ4v) is 2.77. The van der Waals surface area contributed by atoms with Gasteiger partial charge in [-0.25, -0.2) is 4.39 Å². The van der Waals surface area contributed by atoms with Crippen LogP contribution in [0, 0.1) is 26.0 Å². The first-order valence-corrected chi connectivity index (χ1v) is 6.91. The predicted molar refractivity (Wildman–Crippen MR) is 80.9 cm³/mol. The van der Waals surface area contributed by atoms with Gasteiger partial charge >= 0.3 is 0 Å². The maximum atomic E-state index is 13.2. The highest BCUT2D eigenvalue weighted by atomic mass is 19.1. The fourth-order valence-electron chi connectivity index (χ4n) is 2.77. The van der Waals surface area contributed by atoms with Crippen LogP contribution in [-0.4, -0.2) is 16.4 Å². The Bertz CT molecular complexity index is 809. The SMILES string of the molecule is O=[N+]([O-])c1ccc(N2CCc3cc(F)ccc3C2)c([N+](=O)[O-])c1. The molecule has 0 spiro atoms. The standard InChI is InChI=1S/C15H12FN3O4/c16-12-2-1-11-9-17(6-5-10(11)7-12)14-4-3-13(18(20)21)8-15(14)19(22)23/h1-4,7-8H,5-6,9H2. The van der Waals surface area contributed by atoms with Crippen LogP contribution in [0.3, 0.4) is 0 Å². The summed E-state index contributed by atoms with van der Waals surface area (Å²) in [6, 6.07) is 8.10. The van der Waals surface area contributed by atoms with Gasteiger partial charge in [0.25, 0.3) is 11.4 Å². The molecule has 0 aliphatic carbocycles. The number of benzene rings is 2. The maximum absolute atomic E-state index is 13.2. The lowest BCUT2D eigenvalue weighted by Crippen LogP contribution is -2.30. The average molecular weight is 317 g/mol. The molecule has 0 radical (unpaired) electrons. The third-order valence-corrected chi connectivity index (χ3v) is 3.89. The second kappa shape index (κ2) is 5.64. The third kappa shape index (κ3) is 2.83. The van der Waals surface area contributed by atoms with Crippen LogP contribution in [0.25, 0.3) is 0 Å². The second-order valence-corrected chi connectivity index (χ2v) is 5.27. The van der Waals surface area contributed by atoms with Crippen LogP contribution >= 0.6 is 0 Å². The third-order valence-electron chi connectivity index (χ3n) is 3.89. The van der Waals surface area contributed by atoms with Crippen molar-refractivity contribution in [2.75, 3.05) is 11.4 Å². The summed E-state index contributed by atoms with van der Waals surface area (Å²) in [5.41, 5.74) is 1.48. The number of halogens is 1.